The molecule has 2 aliphatic rings. The standard InChI is InChI=1S/C21H23N7/c1-2-14(16-13-24-27-17(16)3-1)12-23-20-15-4-6-21(7-10-22-11-8-21)19(15)26-18-5-9-25-28(18)20/h1-3,5,9,13,22-23H,4,6-8,10-12H2,(H,24,27). The van der Waals surface area contributed by atoms with Crippen LogP contribution in [0.4, 0.5) is 5.82 Å². The predicted molar refractivity (Wildman–Crippen MR) is 109 cm³/mol. The normalized spacial score (nSPS) is 18.1. The minimum absolute atomic E-state index is 0.230. The molecule has 0 radical (unpaired) electrons. The Labute approximate surface area is 162 Å². The number of H-pyrrole nitrogens is 1. The van der Waals surface area contributed by atoms with Crippen molar-refractivity contribution < 1.29 is 0 Å². The molecule has 142 valence electrons. The van der Waals surface area contributed by atoms with Crippen molar-refractivity contribution in [2.24, 2.45) is 0 Å². The molecule has 3 aromatic heterocycles. The van der Waals surface area contributed by atoms with Crippen LogP contribution >= 0.6 is 0 Å². The van der Waals surface area contributed by atoms with Crippen molar-refractivity contribution >= 4 is 22.4 Å². The minimum Gasteiger partial charge on any atom is -0.366 e. The van der Waals surface area contributed by atoms with E-state index in [-0.39, 0.29) is 5.41 Å². The lowest BCUT2D eigenvalue weighted by atomic mass is 9.77. The zero-order valence-corrected chi connectivity index (χ0v) is 15.7. The first-order valence-corrected chi connectivity index (χ1v) is 10.1. The van der Waals surface area contributed by atoms with Gasteiger partial charge in [-0.15, -0.1) is 0 Å². The Bertz CT molecular complexity index is 1170. The first-order valence-electron chi connectivity index (χ1n) is 10.1. The second-order valence-electron chi connectivity index (χ2n) is 8.02. The third-order valence-electron chi connectivity index (χ3n) is 6.57. The zero-order chi connectivity index (χ0) is 18.6. The van der Waals surface area contributed by atoms with Crippen LogP contribution < -0.4 is 10.6 Å². The maximum atomic E-state index is 5.07. The van der Waals surface area contributed by atoms with Gasteiger partial charge in [-0.25, -0.2) is 4.98 Å². The van der Waals surface area contributed by atoms with Crippen LogP contribution in [0.2, 0.25) is 0 Å². The quantitative estimate of drug-likeness (QED) is 0.514. The summed E-state index contributed by atoms with van der Waals surface area (Å²) in [4.78, 5) is 5.07. The van der Waals surface area contributed by atoms with E-state index in [0.717, 1.165) is 48.4 Å². The molecule has 1 aliphatic carbocycles. The van der Waals surface area contributed by atoms with Crippen LogP contribution in [-0.4, -0.2) is 37.9 Å². The van der Waals surface area contributed by atoms with Gasteiger partial charge in [0.2, 0.25) is 0 Å². The summed E-state index contributed by atoms with van der Waals surface area (Å²) in [5.41, 5.74) is 6.10. The molecule has 0 unspecified atom stereocenters. The van der Waals surface area contributed by atoms with Gasteiger partial charge in [0.25, 0.3) is 0 Å². The van der Waals surface area contributed by atoms with Crippen LogP contribution in [0.25, 0.3) is 16.6 Å². The number of aromatic nitrogens is 5. The van der Waals surface area contributed by atoms with Crippen molar-refractivity contribution in [2.75, 3.05) is 18.4 Å². The largest absolute Gasteiger partial charge is 0.366 e. The van der Waals surface area contributed by atoms with Crippen LogP contribution in [0.15, 0.2) is 36.7 Å². The van der Waals surface area contributed by atoms with E-state index in [1.807, 2.05) is 23.0 Å². The molecule has 0 atom stereocenters. The number of benzene rings is 1. The van der Waals surface area contributed by atoms with Gasteiger partial charge in [0.15, 0.2) is 5.65 Å². The van der Waals surface area contributed by atoms with Gasteiger partial charge < -0.3 is 10.6 Å². The second kappa shape index (κ2) is 6.04. The highest BCUT2D eigenvalue weighted by Gasteiger charge is 2.42. The lowest BCUT2D eigenvalue weighted by Gasteiger charge is -2.34. The highest BCUT2D eigenvalue weighted by atomic mass is 15.3. The van der Waals surface area contributed by atoms with Gasteiger partial charge in [0, 0.05) is 29.0 Å². The Hall–Kier alpha value is -2.93. The van der Waals surface area contributed by atoms with Gasteiger partial charge in [0.05, 0.1) is 23.6 Å². The molecule has 4 aromatic rings. The van der Waals surface area contributed by atoms with Gasteiger partial charge in [-0.05, 0) is 50.4 Å². The smallest absolute Gasteiger partial charge is 0.157 e. The summed E-state index contributed by atoms with van der Waals surface area (Å²) in [7, 11) is 0. The van der Waals surface area contributed by atoms with E-state index in [1.54, 1.807) is 0 Å². The number of piperidine rings is 1. The van der Waals surface area contributed by atoms with Crippen LogP contribution in [0.5, 0.6) is 0 Å². The zero-order valence-electron chi connectivity index (χ0n) is 15.7. The average molecular weight is 373 g/mol. The summed E-state index contributed by atoms with van der Waals surface area (Å²) in [6.07, 6.45) is 8.34. The second-order valence-corrected chi connectivity index (χ2v) is 8.02. The molecule has 1 saturated heterocycles. The molecule has 1 aromatic carbocycles. The van der Waals surface area contributed by atoms with E-state index in [9.17, 15) is 0 Å². The summed E-state index contributed by atoms with van der Waals surface area (Å²) >= 11 is 0. The number of hydrogen-bond acceptors (Lipinski definition) is 5. The van der Waals surface area contributed by atoms with Crippen molar-refractivity contribution in [3.8, 4) is 0 Å². The van der Waals surface area contributed by atoms with Gasteiger partial charge in [-0.3, -0.25) is 5.10 Å². The highest BCUT2D eigenvalue weighted by molar-refractivity contribution is 5.81. The van der Waals surface area contributed by atoms with Crippen LogP contribution in [0, 0.1) is 0 Å². The van der Waals surface area contributed by atoms with E-state index >= 15 is 0 Å². The minimum atomic E-state index is 0.230. The van der Waals surface area contributed by atoms with Crippen molar-refractivity contribution in [1.29, 1.82) is 0 Å². The molecule has 0 saturated carbocycles. The Kier molecular flexibility index (Phi) is 3.46. The van der Waals surface area contributed by atoms with E-state index in [4.69, 9.17) is 4.98 Å². The van der Waals surface area contributed by atoms with Gasteiger partial charge in [0.1, 0.15) is 5.82 Å². The topological polar surface area (TPSA) is 82.9 Å². The lowest BCUT2D eigenvalue weighted by Crippen LogP contribution is -2.39. The molecule has 7 heteroatoms. The fourth-order valence-electron chi connectivity index (χ4n) is 5.07. The van der Waals surface area contributed by atoms with E-state index in [2.05, 4.69) is 44.1 Å². The molecule has 1 fully saturated rings. The van der Waals surface area contributed by atoms with Gasteiger partial charge in [-0.2, -0.15) is 14.7 Å². The Morgan fingerprint density at radius 2 is 2.07 bits per heavy atom. The summed E-state index contributed by atoms with van der Waals surface area (Å²) in [6.45, 7) is 2.89. The molecule has 28 heavy (non-hydrogen) atoms. The number of nitrogens with one attached hydrogen (secondary N) is 3. The summed E-state index contributed by atoms with van der Waals surface area (Å²) < 4.78 is 1.97. The fraction of sp³-hybridized carbons (Fsp3) is 0.381. The summed E-state index contributed by atoms with van der Waals surface area (Å²) in [5, 5.41) is 20.2. The number of rotatable bonds is 3. The number of fused-ring (bicyclic) bond motifs is 4. The molecular formula is C21H23N7. The molecular weight excluding hydrogens is 350 g/mol. The maximum absolute atomic E-state index is 5.07. The first-order chi connectivity index (χ1) is 13.8. The van der Waals surface area contributed by atoms with Crippen LogP contribution in [0.3, 0.4) is 0 Å². The molecule has 7 nitrogen and oxygen atoms in total. The van der Waals surface area contributed by atoms with Gasteiger partial charge in [-0.1, -0.05) is 12.1 Å². The highest BCUT2D eigenvalue weighted by Crippen LogP contribution is 2.46. The Balaban J connectivity index is 1.43. The number of aromatic amines is 1. The third kappa shape index (κ3) is 2.29. The van der Waals surface area contributed by atoms with Crippen LogP contribution in [0.1, 0.15) is 36.1 Å². The SMILES string of the molecule is c1cc(CNc2c3c(nc4ccnn24)C2(CCNCC2)CC3)c2cn[nH]c2c1. The monoisotopic (exact) mass is 373 g/mol. The van der Waals surface area contributed by atoms with Crippen molar-refractivity contribution in [1.82, 2.24) is 30.1 Å². The number of hydrogen-bond donors (Lipinski definition) is 3. The Morgan fingerprint density at radius 1 is 1.14 bits per heavy atom. The Morgan fingerprint density at radius 3 is 3.00 bits per heavy atom. The first kappa shape index (κ1) is 16.1. The molecule has 0 amide bonds. The average Bonchev–Trinajstić information content (AvgIpc) is 3.46. The van der Waals surface area contributed by atoms with Crippen LogP contribution in [-0.2, 0) is 18.4 Å². The molecule has 1 aliphatic heterocycles. The molecule has 4 heterocycles. The van der Waals surface area contributed by atoms with Crippen molar-refractivity contribution in [3.63, 3.8) is 0 Å². The molecule has 1 spiro atoms. The lowest BCUT2D eigenvalue weighted by molar-refractivity contribution is 0.301. The predicted octanol–water partition coefficient (Wildman–Crippen LogP) is 2.79. The van der Waals surface area contributed by atoms with Crippen molar-refractivity contribution in [2.45, 2.75) is 37.6 Å². The number of anilines is 1. The van der Waals surface area contributed by atoms with E-state index in [0.29, 0.717) is 0 Å². The van der Waals surface area contributed by atoms with E-state index in [1.165, 1.54) is 36.1 Å². The summed E-state index contributed by atoms with van der Waals surface area (Å²) in [5.74, 6) is 1.10. The number of nitrogens with zero attached hydrogens (tertiary/aromatic N) is 4. The molecule has 0 bridgehead atoms. The van der Waals surface area contributed by atoms with Gasteiger partial charge >= 0.3 is 0 Å². The maximum Gasteiger partial charge on any atom is 0.157 e. The van der Waals surface area contributed by atoms with E-state index < -0.39 is 0 Å². The fourth-order valence-corrected chi connectivity index (χ4v) is 5.07. The summed E-state index contributed by atoms with van der Waals surface area (Å²) in [6, 6.07) is 8.29. The third-order valence-corrected chi connectivity index (χ3v) is 6.57. The van der Waals surface area contributed by atoms with Crippen molar-refractivity contribution in [3.05, 3.63) is 53.5 Å². The molecule has 6 rings (SSSR count). The molecule has 3 N–H and O–H groups in total.